The van der Waals surface area contributed by atoms with E-state index in [9.17, 15) is 14.7 Å². The second-order valence-electron chi connectivity index (χ2n) is 5.72. The van der Waals surface area contributed by atoms with Crippen LogP contribution in [-0.2, 0) is 4.79 Å². The number of hydrogen-bond acceptors (Lipinski definition) is 5. The molecule has 0 aliphatic carbocycles. The van der Waals surface area contributed by atoms with Gasteiger partial charge in [0.05, 0.1) is 25.5 Å². The Morgan fingerprint density at radius 1 is 1.07 bits per heavy atom. The van der Waals surface area contributed by atoms with Gasteiger partial charge >= 0.3 is 5.97 Å². The normalized spacial score (nSPS) is 11.4. The quantitative estimate of drug-likeness (QED) is 0.743. The number of benzene rings is 2. The number of amides is 1. The number of carbonyl (C=O) groups is 2. The molecule has 0 radical (unpaired) electrons. The number of rotatable bonds is 7. The molecular formula is C19H20ClNO6. The van der Waals surface area contributed by atoms with Crippen molar-refractivity contribution in [3.05, 3.63) is 46.5 Å². The fourth-order valence-corrected chi connectivity index (χ4v) is 2.61. The standard InChI is InChI=1S/C19H20ClNO6/c1-10-7-12(20)5-6-15(10)27-11(2)18(22)21-14-9-17(26-4)16(25-3)8-13(14)19(23)24/h5-9,11H,1-4H3,(H,21,22)(H,23,24). The summed E-state index contributed by atoms with van der Waals surface area (Å²) in [6.45, 7) is 3.37. The van der Waals surface area contributed by atoms with Crippen LogP contribution in [0.25, 0.3) is 0 Å². The van der Waals surface area contributed by atoms with Crippen LogP contribution in [0.15, 0.2) is 30.3 Å². The van der Waals surface area contributed by atoms with E-state index in [-0.39, 0.29) is 17.0 Å². The van der Waals surface area contributed by atoms with E-state index in [0.29, 0.717) is 16.5 Å². The van der Waals surface area contributed by atoms with Gasteiger partial charge in [0.1, 0.15) is 5.75 Å². The number of anilines is 1. The third kappa shape index (κ3) is 4.83. The van der Waals surface area contributed by atoms with Crippen molar-refractivity contribution in [2.45, 2.75) is 20.0 Å². The van der Waals surface area contributed by atoms with Crippen molar-refractivity contribution in [3.63, 3.8) is 0 Å². The summed E-state index contributed by atoms with van der Waals surface area (Å²) in [6.07, 6.45) is -0.875. The number of carboxylic acids is 1. The van der Waals surface area contributed by atoms with Crippen molar-refractivity contribution >= 4 is 29.2 Å². The Kier molecular flexibility index (Phi) is 6.52. The molecule has 144 valence electrons. The molecule has 0 aromatic heterocycles. The van der Waals surface area contributed by atoms with E-state index in [1.54, 1.807) is 25.1 Å². The van der Waals surface area contributed by atoms with E-state index in [1.807, 2.05) is 6.92 Å². The summed E-state index contributed by atoms with van der Waals surface area (Å²) in [4.78, 5) is 24.0. The van der Waals surface area contributed by atoms with E-state index in [4.69, 9.17) is 25.8 Å². The summed E-state index contributed by atoms with van der Waals surface area (Å²) in [6, 6.07) is 7.72. The van der Waals surface area contributed by atoms with Crippen LogP contribution in [0.5, 0.6) is 17.2 Å². The number of carboxylic acid groups (broad SMARTS) is 1. The largest absolute Gasteiger partial charge is 0.493 e. The first-order valence-electron chi connectivity index (χ1n) is 7.99. The van der Waals surface area contributed by atoms with Crippen LogP contribution in [0.3, 0.4) is 0 Å². The van der Waals surface area contributed by atoms with Gasteiger partial charge in [0, 0.05) is 17.2 Å². The van der Waals surface area contributed by atoms with Crippen LogP contribution in [0.4, 0.5) is 5.69 Å². The summed E-state index contributed by atoms with van der Waals surface area (Å²) in [7, 11) is 2.81. The maximum atomic E-state index is 12.5. The number of aromatic carboxylic acids is 1. The lowest BCUT2D eigenvalue weighted by Crippen LogP contribution is -2.31. The first-order chi connectivity index (χ1) is 12.8. The Balaban J connectivity index is 2.24. The van der Waals surface area contributed by atoms with Crippen molar-refractivity contribution in [2.75, 3.05) is 19.5 Å². The molecule has 0 aliphatic rings. The van der Waals surface area contributed by atoms with E-state index in [1.165, 1.54) is 26.4 Å². The van der Waals surface area contributed by atoms with Gasteiger partial charge in [-0.1, -0.05) is 11.6 Å². The third-order valence-electron chi connectivity index (χ3n) is 3.82. The van der Waals surface area contributed by atoms with Gasteiger partial charge in [0.15, 0.2) is 17.6 Å². The molecule has 0 aliphatic heterocycles. The van der Waals surface area contributed by atoms with Gasteiger partial charge < -0.3 is 24.6 Å². The average Bonchev–Trinajstić information content (AvgIpc) is 2.63. The van der Waals surface area contributed by atoms with Crippen LogP contribution in [0.2, 0.25) is 5.02 Å². The SMILES string of the molecule is COc1cc(NC(=O)C(C)Oc2ccc(Cl)cc2C)c(C(=O)O)cc1OC. The second kappa shape index (κ2) is 8.64. The third-order valence-corrected chi connectivity index (χ3v) is 4.06. The fraction of sp³-hybridized carbons (Fsp3) is 0.263. The molecule has 2 aromatic carbocycles. The minimum Gasteiger partial charge on any atom is -0.493 e. The zero-order chi connectivity index (χ0) is 20.1. The lowest BCUT2D eigenvalue weighted by molar-refractivity contribution is -0.122. The van der Waals surface area contributed by atoms with Crippen LogP contribution >= 0.6 is 11.6 Å². The number of nitrogens with one attached hydrogen (secondary N) is 1. The first kappa shape index (κ1) is 20.4. The zero-order valence-electron chi connectivity index (χ0n) is 15.3. The number of aryl methyl sites for hydroxylation is 1. The molecule has 0 saturated heterocycles. The highest BCUT2D eigenvalue weighted by Gasteiger charge is 2.21. The molecule has 0 bridgehead atoms. The highest BCUT2D eigenvalue weighted by molar-refractivity contribution is 6.30. The zero-order valence-corrected chi connectivity index (χ0v) is 16.1. The molecule has 0 spiro atoms. The molecule has 0 fully saturated rings. The van der Waals surface area contributed by atoms with Gasteiger partial charge in [-0.15, -0.1) is 0 Å². The predicted octanol–water partition coefficient (Wildman–Crippen LogP) is 3.77. The van der Waals surface area contributed by atoms with Crippen molar-refractivity contribution in [2.24, 2.45) is 0 Å². The highest BCUT2D eigenvalue weighted by Crippen LogP contribution is 2.33. The molecule has 1 atom stereocenters. The molecule has 7 nitrogen and oxygen atoms in total. The maximum absolute atomic E-state index is 12.5. The first-order valence-corrected chi connectivity index (χ1v) is 8.37. The Bertz CT molecular complexity index is 868. The van der Waals surface area contributed by atoms with E-state index in [0.717, 1.165) is 5.56 Å². The van der Waals surface area contributed by atoms with Crippen molar-refractivity contribution in [1.82, 2.24) is 0 Å². The summed E-state index contributed by atoms with van der Waals surface area (Å²) >= 11 is 5.91. The molecule has 0 heterocycles. The van der Waals surface area contributed by atoms with Gasteiger partial charge in [0.25, 0.3) is 5.91 Å². The number of ether oxygens (including phenoxy) is 3. The molecule has 2 rings (SSSR count). The minimum absolute atomic E-state index is 0.0772. The van der Waals surface area contributed by atoms with Crippen LogP contribution in [0, 0.1) is 6.92 Å². The van der Waals surface area contributed by atoms with E-state index < -0.39 is 18.0 Å². The maximum Gasteiger partial charge on any atom is 0.337 e. The predicted molar refractivity (Wildman–Crippen MR) is 101 cm³/mol. The van der Waals surface area contributed by atoms with Gasteiger partial charge in [-0.25, -0.2) is 4.79 Å². The Morgan fingerprint density at radius 3 is 2.26 bits per heavy atom. The highest BCUT2D eigenvalue weighted by atomic mass is 35.5. The van der Waals surface area contributed by atoms with E-state index in [2.05, 4.69) is 5.32 Å². The average molecular weight is 394 g/mol. The Hall–Kier alpha value is -2.93. The lowest BCUT2D eigenvalue weighted by Gasteiger charge is -2.18. The molecule has 1 unspecified atom stereocenters. The van der Waals surface area contributed by atoms with Crippen LogP contribution in [0.1, 0.15) is 22.8 Å². The molecule has 2 aromatic rings. The van der Waals surface area contributed by atoms with Crippen LogP contribution in [-0.4, -0.2) is 37.3 Å². The van der Waals surface area contributed by atoms with Gasteiger partial charge in [-0.2, -0.15) is 0 Å². The lowest BCUT2D eigenvalue weighted by atomic mass is 10.1. The summed E-state index contributed by atoms with van der Waals surface area (Å²) < 4.78 is 15.9. The van der Waals surface area contributed by atoms with E-state index >= 15 is 0 Å². The minimum atomic E-state index is -1.21. The smallest absolute Gasteiger partial charge is 0.337 e. The monoisotopic (exact) mass is 393 g/mol. The number of halogens is 1. The molecule has 0 saturated carbocycles. The molecule has 8 heteroatoms. The number of hydrogen-bond donors (Lipinski definition) is 2. The number of carbonyl (C=O) groups excluding carboxylic acids is 1. The van der Waals surface area contributed by atoms with Crippen molar-refractivity contribution in [1.29, 1.82) is 0 Å². The summed E-state index contributed by atoms with van der Waals surface area (Å²) in [5.74, 6) is -0.686. The topological polar surface area (TPSA) is 94.1 Å². The second-order valence-corrected chi connectivity index (χ2v) is 6.15. The van der Waals surface area contributed by atoms with Crippen molar-refractivity contribution < 1.29 is 28.9 Å². The Labute approximate surface area is 161 Å². The number of methoxy groups -OCH3 is 2. The van der Waals surface area contributed by atoms with Gasteiger partial charge in [0.2, 0.25) is 0 Å². The van der Waals surface area contributed by atoms with Crippen molar-refractivity contribution in [3.8, 4) is 17.2 Å². The molecule has 2 N–H and O–H groups in total. The summed E-state index contributed by atoms with van der Waals surface area (Å²) in [5.41, 5.74) is 0.726. The van der Waals surface area contributed by atoms with Gasteiger partial charge in [-0.05, 0) is 37.6 Å². The Morgan fingerprint density at radius 2 is 1.70 bits per heavy atom. The van der Waals surface area contributed by atoms with Gasteiger partial charge in [-0.3, -0.25) is 4.79 Å². The molecule has 1 amide bonds. The molecular weight excluding hydrogens is 374 g/mol. The fourth-order valence-electron chi connectivity index (χ4n) is 2.38. The van der Waals surface area contributed by atoms with Crippen LogP contribution < -0.4 is 19.5 Å². The molecule has 27 heavy (non-hydrogen) atoms. The summed E-state index contributed by atoms with van der Waals surface area (Å²) in [5, 5.41) is 12.5.